The van der Waals surface area contributed by atoms with Crippen molar-refractivity contribution < 1.29 is 18.7 Å². The Balaban J connectivity index is 1.81. The molecule has 0 unspecified atom stereocenters. The summed E-state index contributed by atoms with van der Waals surface area (Å²) in [5.41, 5.74) is 3.58. The molecule has 1 heterocycles. The number of esters is 1. The van der Waals surface area contributed by atoms with E-state index in [1.165, 1.54) is 13.0 Å². The van der Waals surface area contributed by atoms with E-state index in [9.17, 15) is 14.4 Å². The summed E-state index contributed by atoms with van der Waals surface area (Å²) in [6.07, 6.45) is -0.0146. The Labute approximate surface area is 181 Å². The Morgan fingerprint density at radius 2 is 1.81 bits per heavy atom. The molecule has 0 aliphatic heterocycles. The van der Waals surface area contributed by atoms with Crippen LogP contribution in [0.2, 0.25) is 0 Å². The van der Waals surface area contributed by atoms with Crippen molar-refractivity contribution in [3.63, 3.8) is 0 Å². The number of rotatable bonds is 7. The first-order valence-electron chi connectivity index (χ1n) is 10.3. The number of hydrogen-bond donors (Lipinski definition) is 1. The summed E-state index contributed by atoms with van der Waals surface area (Å²) < 4.78 is 10.8. The largest absolute Gasteiger partial charge is 0.461 e. The molecule has 0 saturated heterocycles. The highest BCUT2D eigenvalue weighted by atomic mass is 16.5. The van der Waals surface area contributed by atoms with Crippen molar-refractivity contribution in [2.45, 2.75) is 52.7 Å². The molecule has 1 aromatic heterocycles. The highest BCUT2D eigenvalue weighted by molar-refractivity contribution is 5.82. The van der Waals surface area contributed by atoms with Gasteiger partial charge in [0.25, 0.3) is 0 Å². The Kier molecular flexibility index (Phi) is 6.90. The van der Waals surface area contributed by atoms with Crippen molar-refractivity contribution in [2.24, 2.45) is 0 Å². The van der Waals surface area contributed by atoms with E-state index in [2.05, 4.69) is 19.2 Å². The number of aryl methyl sites for hydroxylation is 1. The maximum Gasteiger partial charge on any atom is 0.336 e. The highest BCUT2D eigenvalue weighted by Gasteiger charge is 2.19. The second-order valence-electron chi connectivity index (χ2n) is 7.98. The number of ether oxygens (including phenoxy) is 1. The number of carbonyl (C=O) groups is 2. The van der Waals surface area contributed by atoms with Crippen molar-refractivity contribution >= 4 is 22.8 Å². The Bertz CT molecular complexity index is 1150. The Morgan fingerprint density at radius 1 is 1.10 bits per heavy atom. The second-order valence-corrected chi connectivity index (χ2v) is 7.98. The molecule has 0 aliphatic carbocycles. The fourth-order valence-electron chi connectivity index (χ4n) is 3.70. The van der Waals surface area contributed by atoms with Crippen LogP contribution in [0.3, 0.4) is 0 Å². The van der Waals surface area contributed by atoms with Crippen LogP contribution in [0.5, 0.6) is 0 Å². The zero-order chi connectivity index (χ0) is 22.5. The van der Waals surface area contributed by atoms with Crippen molar-refractivity contribution in [1.29, 1.82) is 0 Å². The molecule has 2 aromatic carbocycles. The lowest BCUT2D eigenvalue weighted by atomic mass is 9.95. The van der Waals surface area contributed by atoms with Crippen LogP contribution in [0, 0.1) is 6.92 Å². The molecule has 162 valence electrons. The van der Waals surface area contributed by atoms with Gasteiger partial charge in [-0.25, -0.2) is 4.79 Å². The molecule has 3 aromatic rings. The zero-order valence-corrected chi connectivity index (χ0v) is 18.2. The molecule has 0 bridgehead atoms. The van der Waals surface area contributed by atoms with Gasteiger partial charge in [-0.15, -0.1) is 0 Å². The third-order valence-corrected chi connectivity index (χ3v) is 5.18. The van der Waals surface area contributed by atoms with E-state index in [0.717, 1.165) is 22.1 Å². The van der Waals surface area contributed by atoms with Crippen LogP contribution in [0.15, 0.2) is 57.7 Å². The second kappa shape index (κ2) is 9.60. The van der Waals surface area contributed by atoms with E-state index in [0.29, 0.717) is 17.1 Å². The molecule has 1 N–H and O–H groups in total. The van der Waals surface area contributed by atoms with Gasteiger partial charge in [0.2, 0.25) is 5.91 Å². The fraction of sp³-hybridized carbons (Fsp3) is 0.320. The molecular formula is C25H27NO5. The van der Waals surface area contributed by atoms with Gasteiger partial charge >= 0.3 is 11.6 Å². The lowest BCUT2D eigenvalue weighted by molar-refractivity contribution is -0.145. The van der Waals surface area contributed by atoms with E-state index in [1.54, 1.807) is 0 Å². The van der Waals surface area contributed by atoms with E-state index >= 15 is 0 Å². The molecule has 1 atom stereocenters. The molecule has 6 nitrogen and oxygen atoms in total. The maximum absolute atomic E-state index is 12.6. The van der Waals surface area contributed by atoms with Gasteiger partial charge in [-0.1, -0.05) is 44.2 Å². The van der Waals surface area contributed by atoms with Gasteiger partial charge in [0.1, 0.15) is 12.2 Å². The molecule has 0 fully saturated rings. The third-order valence-electron chi connectivity index (χ3n) is 5.18. The number of hydrogen-bond acceptors (Lipinski definition) is 5. The lowest BCUT2D eigenvalue weighted by Gasteiger charge is -2.18. The first-order chi connectivity index (χ1) is 14.7. The molecular weight excluding hydrogens is 394 g/mol. The topological polar surface area (TPSA) is 85.6 Å². The molecule has 0 saturated carbocycles. The average Bonchev–Trinajstić information content (AvgIpc) is 2.71. The molecule has 0 aliphatic rings. The standard InChI is InChI=1S/C25H27NO5/c1-15(2)20-12-21-19(11-25(29)31-23(21)10-16(20)3)14-30-24(28)13-22(26-17(4)27)18-8-6-5-7-9-18/h5-12,15,22H,13-14H2,1-4H3,(H,26,27)/t22-/m0/s1. The summed E-state index contributed by atoms with van der Waals surface area (Å²) in [6.45, 7) is 7.53. The average molecular weight is 421 g/mol. The minimum absolute atomic E-state index is 0.0146. The van der Waals surface area contributed by atoms with Crippen molar-refractivity contribution in [1.82, 2.24) is 5.32 Å². The minimum atomic E-state index is -0.490. The molecule has 1 amide bonds. The summed E-state index contributed by atoms with van der Waals surface area (Å²) in [5, 5.41) is 3.54. The van der Waals surface area contributed by atoms with Crippen LogP contribution in [0.4, 0.5) is 0 Å². The third kappa shape index (κ3) is 5.60. The minimum Gasteiger partial charge on any atom is -0.461 e. The van der Waals surface area contributed by atoms with Gasteiger partial charge in [-0.05, 0) is 41.7 Å². The van der Waals surface area contributed by atoms with Crippen LogP contribution in [0.25, 0.3) is 11.0 Å². The molecule has 6 heteroatoms. The van der Waals surface area contributed by atoms with Crippen molar-refractivity contribution in [2.75, 3.05) is 0 Å². The summed E-state index contributed by atoms with van der Waals surface area (Å²) in [4.78, 5) is 36.1. The van der Waals surface area contributed by atoms with E-state index in [1.807, 2.05) is 49.4 Å². The van der Waals surface area contributed by atoms with Gasteiger partial charge in [-0.2, -0.15) is 0 Å². The smallest absolute Gasteiger partial charge is 0.336 e. The SMILES string of the molecule is CC(=O)N[C@@H](CC(=O)OCc1cc(=O)oc2cc(C)c(C(C)C)cc12)c1ccccc1. The van der Waals surface area contributed by atoms with Crippen LogP contribution in [-0.4, -0.2) is 11.9 Å². The van der Waals surface area contributed by atoms with E-state index < -0.39 is 17.6 Å². The maximum atomic E-state index is 12.6. The normalized spacial score (nSPS) is 12.0. The number of carbonyl (C=O) groups excluding carboxylic acids is 2. The molecule has 3 rings (SSSR count). The fourth-order valence-corrected chi connectivity index (χ4v) is 3.70. The van der Waals surface area contributed by atoms with Crippen LogP contribution >= 0.6 is 0 Å². The van der Waals surface area contributed by atoms with E-state index in [-0.39, 0.29) is 18.9 Å². The summed E-state index contributed by atoms with van der Waals surface area (Å²) in [5.74, 6) is -0.402. The van der Waals surface area contributed by atoms with Gasteiger partial charge < -0.3 is 14.5 Å². The van der Waals surface area contributed by atoms with Gasteiger partial charge in [0.15, 0.2) is 0 Å². The van der Waals surface area contributed by atoms with Crippen molar-refractivity contribution in [3.8, 4) is 0 Å². The lowest BCUT2D eigenvalue weighted by Crippen LogP contribution is -2.28. The van der Waals surface area contributed by atoms with Gasteiger partial charge in [0.05, 0.1) is 12.5 Å². The molecule has 31 heavy (non-hydrogen) atoms. The number of benzene rings is 2. The molecule has 0 spiro atoms. The molecule has 0 radical (unpaired) electrons. The predicted molar refractivity (Wildman–Crippen MR) is 119 cm³/mol. The quantitative estimate of drug-likeness (QED) is 0.447. The van der Waals surface area contributed by atoms with Crippen molar-refractivity contribution in [3.05, 3.63) is 81.2 Å². The summed E-state index contributed by atoms with van der Waals surface area (Å²) in [6, 6.07) is 14.0. The number of fused-ring (bicyclic) bond motifs is 1. The zero-order valence-electron chi connectivity index (χ0n) is 18.2. The van der Waals surface area contributed by atoms with Gasteiger partial charge in [0, 0.05) is 23.9 Å². The first-order valence-corrected chi connectivity index (χ1v) is 10.3. The van der Waals surface area contributed by atoms with Crippen LogP contribution < -0.4 is 10.9 Å². The Morgan fingerprint density at radius 3 is 2.45 bits per heavy atom. The summed E-state index contributed by atoms with van der Waals surface area (Å²) in [7, 11) is 0. The predicted octanol–water partition coefficient (Wildman–Crippen LogP) is 4.54. The van der Waals surface area contributed by atoms with Gasteiger partial charge in [-0.3, -0.25) is 9.59 Å². The van der Waals surface area contributed by atoms with Crippen LogP contribution in [-0.2, 0) is 20.9 Å². The first kappa shape index (κ1) is 22.3. The highest BCUT2D eigenvalue weighted by Crippen LogP contribution is 2.27. The monoisotopic (exact) mass is 421 g/mol. The number of nitrogens with one attached hydrogen (secondary N) is 1. The van der Waals surface area contributed by atoms with E-state index in [4.69, 9.17) is 9.15 Å². The van der Waals surface area contributed by atoms with Crippen LogP contribution in [0.1, 0.15) is 61.4 Å². The Hall–Kier alpha value is -3.41. The number of amides is 1. The summed E-state index contributed by atoms with van der Waals surface area (Å²) >= 11 is 0.